The SMILES string of the molecule is C/N=C1/CC=CN1C(C)S. The van der Waals surface area contributed by atoms with Crippen molar-refractivity contribution in [1.29, 1.82) is 0 Å². The lowest BCUT2D eigenvalue weighted by Gasteiger charge is -2.20. The summed E-state index contributed by atoms with van der Waals surface area (Å²) < 4.78 is 0. The van der Waals surface area contributed by atoms with E-state index >= 15 is 0 Å². The number of rotatable bonds is 1. The molecule has 2 nitrogen and oxygen atoms in total. The molecular formula is C7H12N2S. The Labute approximate surface area is 67.0 Å². The van der Waals surface area contributed by atoms with E-state index in [1.165, 1.54) is 0 Å². The molecule has 1 rings (SSSR count). The van der Waals surface area contributed by atoms with Crippen LogP contribution in [0.3, 0.4) is 0 Å². The van der Waals surface area contributed by atoms with E-state index in [0.717, 1.165) is 12.3 Å². The molecule has 0 aromatic rings. The molecule has 0 bridgehead atoms. The maximum atomic E-state index is 4.30. The fraction of sp³-hybridized carbons (Fsp3) is 0.571. The average molecular weight is 156 g/mol. The van der Waals surface area contributed by atoms with Gasteiger partial charge >= 0.3 is 0 Å². The molecule has 0 aromatic carbocycles. The van der Waals surface area contributed by atoms with Gasteiger partial charge in [-0.3, -0.25) is 4.99 Å². The zero-order valence-electron chi connectivity index (χ0n) is 6.28. The Bertz CT molecular complexity index is 172. The van der Waals surface area contributed by atoms with Gasteiger partial charge in [-0.2, -0.15) is 12.6 Å². The standard InChI is InChI=1S/C7H12N2S/c1-6(10)9-5-3-4-7(9)8-2/h3,5-6,10H,4H2,1-2H3/b8-7-. The van der Waals surface area contributed by atoms with Crippen LogP contribution in [0.25, 0.3) is 0 Å². The summed E-state index contributed by atoms with van der Waals surface area (Å²) in [5.74, 6) is 1.10. The van der Waals surface area contributed by atoms with Crippen molar-refractivity contribution < 1.29 is 0 Å². The third-order valence-electron chi connectivity index (χ3n) is 1.53. The van der Waals surface area contributed by atoms with Crippen molar-refractivity contribution in [1.82, 2.24) is 4.90 Å². The van der Waals surface area contributed by atoms with Crippen molar-refractivity contribution in [2.24, 2.45) is 4.99 Å². The van der Waals surface area contributed by atoms with Crippen molar-refractivity contribution in [3.63, 3.8) is 0 Å². The largest absolute Gasteiger partial charge is 0.325 e. The Hall–Kier alpha value is -0.440. The van der Waals surface area contributed by atoms with Gasteiger partial charge in [0, 0.05) is 19.7 Å². The lowest BCUT2D eigenvalue weighted by atomic mass is 10.4. The van der Waals surface area contributed by atoms with Crippen LogP contribution in [0, 0.1) is 0 Å². The van der Waals surface area contributed by atoms with Crippen LogP contribution in [-0.2, 0) is 0 Å². The predicted molar refractivity (Wildman–Crippen MR) is 47.4 cm³/mol. The maximum Gasteiger partial charge on any atom is 0.107 e. The summed E-state index contributed by atoms with van der Waals surface area (Å²) in [6.07, 6.45) is 5.07. The Morgan fingerprint density at radius 2 is 2.50 bits per heavy atom. The summed E-state index contributed by atoms with van der Waals surface area (Å²) in [7, 11) is 1.81. The van der Waals surface area contributed by atoms with Gasteiger partial charge in [-0.15, -0.1) is 0 Å². The summed E-state index contributed by atoms with van der Waals surface area (Å²) in [5, 5.41) is 0.234. The minimum Gasteiger partial charge on any atom is -0.325 e. The van der Waals surface area contributed by atoms with Gasteiger partial charge in [0.2, 0.25) is 0 Å². The maximum absolute atomic E-state index is 4.30. The second-order valence-corrected chi connectivity index (χ2v) is 3.02. The Morgan fingerprint density at radius 3 is 2.90 bits per heavy atom. The quantitative estimate of drug-likeness (QED) is 0.569. The first-order chi connectivity index (χ1) is 4.75. The van der Waals surface area contributed by atoms with Gasteiger partial charge in [0.15, 0.2) is 0 Å². The summed E-state index contributed by atoms with van der Waals surface area (Å²) in [6.45, 7) is 2.03. The number of aliphatic imine (C=N–C) groups is 1. The van der Waals surface area contributed by atoms with E-state index < -0.39 is 0 Å². The van der Waals surface area contributed by atoms with E-state index in [2.05, 4.69) is 28.6 Å². The molecule has 0 fully saturated rings. The molecular weight excluding hydrogens is 144 g/mol. The zero-order chi connectivity index (χ0) is 7.56. The lowest BCUT2D eigenvalue weighted by molar-refractivity contribution is 0.559. The van der Waals surface area contributed by atoms with Gasteiger partial charge in [-0.1, -0.05) is 6.08 Å². The molecule has 1 aliphatic rings. The summed E-state index contributed by atoms with van der Waals surface area (Å²) >= 11 is 4.30. The van der Waals surface area contributed by atoms with Crippen LogP contribution in [0.5, 0.6) is 0 Å². The smallest absolute Gasteiger partial charge is 0.107 e. The van der Waals surface area contributed by atoms with Crippen LogP contribution in [0.4, 0.5) is 0 Å². The second kappa shape index (κ2) is 3.10. The molecule has 1 heterocycles. The first-order valence-electron chi connectivity index (χ1n) is 3.34. The van der Waals surface area contributed by atoms with E-state index in [1.807, 2.05) is 20.2 Å². The first-order valence-corrected chi connectivity index (χ1v) is 3.86. The fourth-order valence-electron chi connectivity index (χ4n) is 1.01. The van der Waals surface area contributed by atoms with E-state index in [4.69, 9.17) is 0 Å². The lowest BCUT2D eigenvalue weighted by Crippen LogP contribution is -2.26. The van der Waals surface area contributed by atoms with Crippen LogP contribution < -0.4 is 0 Å². The van der Waals surface area contributed by atoms with E-state index in [9.17, 15) is 0 Å². The number of hydrogen-bond donors (Lipinski definition) is 1. The molecule has 56 valence electrons. The number of hydrogen-bond acceptors (Lipinski definition) is 2. The Morgan fingerprint density at radius 1 is 1.80 bits per heavy atom. The van der Waals surface area contributed by atoms with Crippen molar-refractivity contribution in [3.05, 3.63) is 12.3 Å². The molecule has 0 aromatic heterocycles. The van der Waals surface area contributed by atoms with Gasteiger partial charge in [0.1, 0.15) is 5.84 Å². The average Bonchev–Trinajstić information content (AvgIpc) is 2.33. The third kappa shape index (κ3) is 1.34. The molecule has 1 unspecified atom stereocenters. The predicted octanol–water partition coefficient (Wildman–Crippen LogP) is 1.51. The highest BCUT2D eigenvalue weighted by Crippen LogP contribution is 2.13. The van der Waals surface area contributed by atoms with Crippen LogP contribution in [-0.4, -0.2) is 23.2 Å². The molecule has 1 aliphatic heterocycles. The molecule has 1 atom stereocenters. The molecule has 10 heavy (non-hydrogen) atoms. The minimum atomic E-state index is 0.234. The molecule has 0 amide bonds. The van der Waals surface area contributed by atoms with Crippen LogP contribution in [0.15, 0.2) is 17.3 Å². The van der Waals surface area contributed by atoms with Crippen LogP contribution in [0.2, 0.25) is 0 Å². The summed E-state index contributed by atoms with van der Waals surface area (Å²) in [4.78, 5) is 6.18. The molecule has 0 aliphatic carbocycles. The minimum absolute atomic E-state index is 0.234. The highest BCUT2D eigenvalue weighted by molar-refractivity contribution is 7.80. The normalized spacial score (nSPS) is 24.3. The molecule has 0 saturated carbocycles. The zero-order valence-corrected chi connectivity index (χ0v) is 7.18. The van der Waals surface area contributed by atoms with Crippen molar-refractivity contribution in [3.8, 4) is 0 Å². The van der Waals surface area contributed by atoms with E-state index in [1.54, 1.807) is 0 Å². The molecule has 0 radical (unpaired) electrons. The molecule has 3 heteroatoms. The molecule has 0 spiro atoms. The topological polar surface area (TPSA) is 15.6 Å². The molecule has 0 N–H and O–H groups in total. The van der Waals surface area contributed by atoms with Crippen LogP contribution in [0.1, 0.15) is 13.3 Å². The number of amidine groups is 1. The number of nitrogens with zero attached hydrogens (tertiary/aromatic N) is 2. The fourth-order valence-corrected chi connectivity index (χ4v) is 1.22. The van der Waals surface area contributed by atoms with Gasteiger partial charge in [0.05, 0.1) is 5.37 Å². The third-order valence-corrected chi connectivity index (χ3v) is 1.77. The van der Waals surface area contributed by atoms with Crippen LogP contribution >= 0.6 is 12.6 Å². The van der Waals surface area contributed by atoms with Gasteiger partial charge in [-0.25, -0.2) is 0 Å². The van der Waals surface area contributed by atoms with Gasteiger partial charge in [-0.05, 0) is 6.92 Å². The first kappa shape index (κ1) is 7.66. The Kier molecular flexibility index (Phi) is 2.38. The van der Waals surface area contributed by atoms with Crippen molar-refractivity contribution in [2.75, 3.05) is 7.05 Å². The van der Waals surface area contributed by atoms with E-state index in [0.29, 0.717) is 0 Å². The monoisotopic (exact) mass is 156 g/mol. The highest BCUT2D eigenvalue weighted by Gasteiger charge is 2.14. The van der Waals surface area contributed by atoms with Crippen molar-refractivity contribution in [2.45, 2.75) is 18.7 Å². The highest BCUT2D eigenvalue weighted by atomic mass is 32.1. The molecule has 0 saturated heterocycles. The Balaban J connectivity index is 2.67. The second-order valence-electron chi connectivity index (χ2n) is 2.27. The summed E-state index contributed by atoms with van der Waals surface area (Å²) in [6, 6.07) is 0. The van der Waals surface area contributed by atoms with Gasteiger partial charge in [0.25, 0.3) is 0 Å². The van der Waals surface area contributed by atoms with Crippen molar-refractivity contribution >= 4 is 18.5 Å². The van der Waals surface area contributed by atoms with E-state index in [-0.39, 0.29) is 5.37 Å². The number of thiol groups is 1. The van der Waals surface area contributed by atoms with Gasteiger partial charge < -0.3 is 4.90 Å². The summed E-state index contributed by atoms with van der Waals surface area (Å²) in [5.41, 5.74) is 0.